The highest BCUT2D eigenvalue weighted by Crippen LogP contribution is 2.49. The van der Waals surface area contributed by atoms with E-state index in [-0.39, 0.29) is 36.9 Å². The van der Waals surface area contributed by atoms with E-state index < -0.39 is 0 Å². The van der Waals surface area contributed by atoms with Crippen molar-refractivity contribution in [3.05, 3.63) is 120 Å². The molecule has 4 aromatic rings. The number of hydrogen-bond donors (Lipinski definition) is 0. The Bertz CT molecular complexity index is 1310. The van der Waals surface area contributed by atoms with E-state index in [0.717, 1.165) is 0 Å². The highest BCUT2D eigenvalue weighted by Gasteiger charge is 2.56. The van der Waals surface area contributed by atoms with Gasteiger partial charge in [0.25, 0.3) is 13.7 Å². The molecular formula is C34H38B2N2. The molecule has 2 heterocycles. The molecule has 0 saturated carbocycles. The van der Waals surface area contributed by atoms with Crippen LogP contribution in [0, 0.1) is 0 Å². The molecule has 6 rings (SSSR count). The lowest BCUT2D eigenvalue weighted by Crippen LogP contribution is -2.62. The Kier molecular flexibility index (Phi) is 6.17. The van der Waals surface area contributed by atoms with E-state index in [1.807, 2.05) is 0 Å². The smallest absolute Gasteiger partial charge is 0.293 e. The molecule has 4 heteroatoms. The molecule has 4 aromatic carbocycles. The topological polar surface area (TPSA) is 6.48 Å². The van der Waals surface area contributed by atoms with E-state index in [1.165, 1.54) is 33.0 Å². The maximum atomic E-state index is 2.81. The number of fused-ring (bicyclic) bond motifs is 2. The van der Waals surface area contributed by atoms with Crippen LogP contribution in [-0.2, 0) is 0 Å². The molecule has 2 atom stereocenters. The summed E-state index contributed by atoms with van der Waals surface area (Å²) < 4.78 is 0. The van der Waals surface area contributed by atoms with Gasteiger partial charge in [-0.3, -0.25) is 0 Å². The lowest BCUT2D eigenvalue weighted by atomic mass is 9.49. The van der Waals surface area contributed by atoms with Crippen LogP contribution in [0.25, 0.3) is 0 Å². The monoisotopic (exact) mass is 496 g/mol. The molecular weight excluding hydrogens is 458 g/mol. The molecule has 0 N–H and O–H groups in total. The van der Waals surface area contributed by atoms with Crippen molar-refractivity contribution in [1.29, 1.82) is 0 Å². The standard InChI is InChI=1S/C34H38B2N2/c1-33(2,3)37-31(27-21-13-15-23-29(27)35(37)25-17-9-7-10-18-25)32-28-22-14-16-24-30(28)36(38(32)34(4,5)6)26-19-11-8-12-20-26/h7-24,31-32H,1-6H3/t31-,32-/m0/s1. The maximum Gasteiger partial charge on any atom is 0.293 e. The zero-order chi connectivity index (χ0) is 26.7. The molecule has 0 unspecified atom stereocenters. The molecule has 2 nitrogen and oxygen atoms in total. The van der Waals surface area contributed by atoms with Gasteiger partial charge in [0.1, 0.15) is 0 Å². The number of rotatable bonds is 3. The van der Waals surface area contributed by atoms with Crippen LogP contribution in [0.2, 0.25) is 0 Å². The average molecular weight is 496 g/mol. The fourth-order valence-corrected chi connectivity index (χ4v) is 7.18. The van der Waals surface area contributed by atoms with Crippen molar-refractivity contribution in [3.8, 4) is 0 Å². The van der Waals surface area contributed by atoms with Crippen LogP contribution in [0.1, 0.15) is 64.8 Å². The van der Waals surface area contributed by atoms with Crippen molar-refractivity contribution in [2.45, 2.75) is 64.7 Å². The first-order valence-electron chi connectivity index (χ1n) is 14.0. The highest BCUT2D eigenvalue weighted by atomic mass is 15.3. The third-order valence-corrected chi connectivity index (χ3v) is 8.45. The summed E-state index contributed by atoms with van der Waals surface area (Å²) in [6.45, 7) is 14.7. The van der Waals surface area contributed by atoms with Crippen LogP contribution in [0.3, 0.4) is 0 Å². The van der Waals surface area contributed by atoms with Crippen molar-refractivity contribution in [2.24, 2.45) is 0 Å². The van der Waals surface area contributed by atoms with E-state index in [2.05, 4.69) is 160 Å². The maximum absolute atomic E-state index is 2.81. The van der Waals surface area contributed by atoms with Crippen LogP contribution < -0.4 is 21.9 Å². The summed E-state index contributed by atoms with van der Waals surface area (Å²) in [5.74, 6) is 0. The van der Waals surface area contributed by atoms with Crippen LogP contribution in [0.15, 0.2) is 109 Å². The van der Waals surface area contributed by atoms with E-state index in [1.54, 1.807) is 0 Å². The minimum absolute atomic E-state index is 0.0481. The first-order valence-corrected chi connectivity index (χ1v) is 14.0. The van der Waals surface area contributed by atoms with Gasteiger partial charge in [-0.25, -0.2) is 0 Å². The first-order chi connectivity index (χ1) is 18.2. The number of benzene rings is 4. The van der Waals surface area contributed by atoms with Crippen molar-refractivity contribution in [3.63, 3.8) is 0 Å². The van der Waals surface area contributed by atoms with Gasteiger partial charge in [-0.05, 0) is 52.7 Å². The van der Waals surface area contributed by atoms with Crippen LogP contribution in [0.4, 0.5) is 0 Å². The summed E-state index contributed by atoms with van der Waals surface area (Å²) in [5.41, 5.74) is 8.43. The van der Waals surface area contributed by atoms with Crippen molar-refractivity contribution >= 4 is 35.5 Å². The highest BCUT2D eigenvalue weighted by molar-refractivity contribution is 6.85. The molecule has 0 fully saturated rings. The Morgan fingerprint density at radius 3 is 1.11 bits per heavy atom. The normalized spacial score (nSPS) is 20.1. The molecule has 2 aliphatic heterocycles. The predicted molar refractivity (Wildman–Crippen MR) is 164 cm³/mol. The zero-order valence-electron chi connectivity index (χ0n) is 23.6. The number of hydrogen-bond acceptors (Lipinski definition) is 2. The Morgan fingerprint density at radius 2 is 0.763 bits per heavy atom. The third-order valence-electron chi connectivity index (χ3n) is 8.45. The van der Waals surface area contributed by atoms with E-state index in [4.69, 9.17) is 0 Å². The van der Waals surface area contributed by atoms with Gasteiger partial charge in [0.15, 0.2) is 0 Å². The van der Waals surface area contributed by atoms with Gasteiger partial charge in [0.05, 0.1) is 0 Å². The molecule has 0 amide bonds. The van der Waals surface area contributed by atoms with Crippen molar-refractivity contribution in [1.82, 2.24) is 9.62 Å². The van der Waals surface area contributed by atoms with Gasteiger partial charge < -0.3 is 9.62 Å². The Balaban J connectivity index is 1.62. The first kappa shape index (κ1) is 25.2. The summed E-state index contributed by atoms with van der Waals surface area (Å²) in [6.07, 6.45) is 0. The Hall–Kier alpha value is -3.07. The van der Waals surface area contributed by atoms with Gasteiger partial charge in [0.2, 0.25) is 0 Å². The third kappa shape index (κ3) is 4.06. The van der Waals surface area contributed by atoms with E-state index >= 15 is 0 Å². The van der Waals surface area contributed by atoms with Crippen LogP contribution in [0.5, 0.6) is 0 Å². The average Bonchev–Trinajstić information content (AvgIpc) is 3.43. The lowest BCUT2D eigenvalue weighted by Gasteiger charge is -2.49. The summed E-state index contributed by atoms with van der Waals surface area (Å²) in [7, 11) is 0. The summed E-state index contributed by atoms with van der Waals surface area (Å²) >= 11 is 0. The summed E-state index contributed by atoms with van der Waals surface area (Å²) in [6, 6.07) is 41.0. The lowest BCUT2D eigenvalue weighted by molar-refractivity contribution is 0.0911. The second kappa shape index (κ2) is 9.29. The van der Waals surface area contributed by atoms with Gasteiger partial charge >= 0.3 is 0 Å². The molecule has 190 valence electrons. The molecule has 38 heavy (non-hydrogen) atoms. The second-order valence-electron chi connectivity index (χ2n) is 12.9. The van der Waals surface area contributed by atoms with Gasteiger partial charge in [0, 0.05) is 23.2 Å². The molecule has 0 bridgehead atoms. The Morgan fingerprint density at radius 1 is 0.447 bits per heavy atom. The Labute approximate surface area is 229 Å². The second-order valence-corrected chi connectivity index (χ2v) is 12.9. The van der Waals surface area contributed by atoms with Crippen LogP contribution >= 0.6 is 0 Å². The summed E-state index contributed by atoms with van der Waals surface area (Å²) in [4.78, 5) is 5.61. The predicted octanol–water partition coefficient (Wildman–Crippen LogP) is 4.91. The zero-order valence-corrected chi connectivity index (χ0v) is 23.6. The van der Waals surface area contributed by atoms with E-state index in [0.29, 0.717) is 0 Å². The van der Waals surface area contributed by atoms with Gasteiger partial charge in [-0.1, -0.05) is 131 Å². The molecule has 0 aliphatic carbocycles. The molecule has 0 spiro atoms. The largest absolute Gasteiger partial charge is 0.321 e. The summed E-state index contributed by atoms with van der Waals surface area (Å²) in [5, 5.41) is 0. The fraction of sp³-hybridized carbons (Fsp3) is 0.294. The minimum atomic E-state index is -0.0481. The van der Waals surface area contributed by atoms with Crippen LogP contribution in [-0.4, -0.2) is 34.4 Å². The number of nitrogens with zero attached hydrogens (tertiary/aromatic N) is 2. The molecule has 2 aliphatic rings. The molecule has 0 saturated heterocycles. The fourth-order valence-electron chi connectivity index (χ4n) is 7.18. The quantitative estimate of drug-likeness (QED) is 0.372. The molecule has 0 radical (unpaired) electrons. The van der Waals surface area contributed by atoms with Crippen molar-refractivity contribution in [2.75, 3.05) is 0 Å². The van der Waals surface area contributed by atoms with Crippen molar-refractivity contribution < 1.29 is 0 Å². The van der Waals surface area contributed by atoms with E-state index in [9.17, 15) is 0 Å². The molecule has 0 aromatic heterocycles. The minimum Gasteiger partial charge on any atom is -0.321 e. The SMILES string of the molecule is CC(C)(C)N1B(c2ccccc2)c2ccccc2[C@H]1[C@@H]1c2ccccc2B(c2ccccc2)N1C(C)(C)C. The van der Waals surface area contributed by atoms with Gasteiger partial charge in [-0.15, -0.1) is 0 Å². The van der Waals surface area contributed by atoms with Gasteiger partial charge in [-0.2, -0.15) is 0 Å².